The summed E-state index contributed by atoms with van der Waals surface area (Å²) in [5.74, 6) is -3.21. The van der Waals surface area contributed by atoms with Crippen molar-refractivity contribution in [3.8, 4) is 0 Å². The second-order valence-electron chi connectivity index (χ2n) is 19.3. The van der Waals surface area contributed by atoms with E-state index in [4.69, 9.17) is 33.2 Å². The monoisotopic (exact) mass is 862 g/mol. The van der Waals surface area contributed by atoms with E-state index >= 15 is 0 Å². The minimum atomic E-state index is -1.83. The lowest BCUT2D eigenvalue weighted by molar-refractivity contribution is -0.318. The highest BCUT2D eigenvalue weighted by molar-refractivity contribution is 5.73. The Bertz CT molecular complexity index is 1360. The molecule has 3 aliphatic rings. The van der Waals surface area contributed by atoms with Crippen LogP contribution >= 0.6 is 0 Å². The summed E-state index contributed by atoms with van der Waals surface area (Å²) in [6, 6.07) is -0.844. The number of hydrogen-bond acceptors (Lipinski definition) is 16. The first kappa shape index (κ1) is 52.8. The highest BCUT2D eigenvalue weighted by Gasteiger charge is 2.53. The Hall–Kier alpha value is -1.54. The van der Waals surface area contributed by atoms with Crippen molar-refractivity contribution in [2.45, 2.75) is 199 Å². The number of carbonyl (C=O) groups is 2. The van der Waals surface area contributed by atoms with Gasteiger partial charge in [0.25, 0.3) is 0 Å². The molecule has 0 saturated carbocycles. The molecule has 4 N–H and O–H groups in total. The van der Waals surface area contributed by atoms with Gasteiger partial charge >= 0.3 is 11.9 Å². The topological polar surface area (TPSA) is 189 Å². The van der Waals surface area contributed by atoms with Gasteiger partial charge < -0.3 is 63.4 Å². The number of rotatable bonds is 12. The largest absolute Gasteiger partial charge is 0.459 e. The van der Waals surface area contributed by atoms with E-state index in [1.165, 1.54) is 14.0 Å². The number of hydrogen-bond donors (Lipinski definition) is 4. The fourth-order valence-electron chi connectivity index (χ4n) is 9.58. The minimum absolute atomic E-state index is 0.104. The zero-order valence-corrected chi connectivity index (χ0v) is 39.6. The van der Waals surface area contributed by atoms with Crippen molar-refractivity contribution in [1.29, 1.82) is 0 Å². The van der Waals surface area contributed by atoms with E-state index in [1.54, 1.807) is 34.6 Å². The third kappa shape index (κ3) is 12.8. The minimum Gasteiger partial charge on any atom is -0.459 e. The maximum absolute atomic E-state index is 14.6. The van der Waals surface area contributed by atoms with Gasteiger partial charge in [-0.1, -0.05) is 27.7 Å². The first-order chi connectivity index (χ1) is 27.7. The smallest absolute Gasteiger partial charge is 0.311 e. The SMILES string of the molecule is CC[C@@H]1OC(=O)[C@H](C)[C@@H](O[C@H]2C[C@@](C)(OC)[C@@H](O)[C@H](C)O2)[C@H](C)[C@@H](O[C@@H]2O[C@H](C)C[C@H](N(C)C)[C@H]2O)[C@@](C)(O)C[C@@H](C)CN(C)[C@@H](C)[C@@H](OC(=O)CCN(C)CC)[C@]1(C)O. The van der Waals surface area contributed by atoms with Crippen LogP contribution in [0.1, 0.15) is 108 Å². The Labute approximate surface area is 360 Å². The van der Waals surface area contributed by atoms with E-state index in [0.29, 0.717) is 19.5 Å². The number of ether oxygens (including phenoxy) is 7. The molecule has 3 aliphatic heterocycles. The van der Waals surface area contributed by atoms with Crippen LogP contribution in [0.15, 0.2) is 0 Å². The number of methoxy groups -OCH3 is 1. The number of cyclic esters (lactones) is 1. The maximum atomic E-state index is 14.6. The van der Waals surface area contributed by atoms with E-state index < -0.39 is 102 Å². The van der Waals surface area contributed by atoms with E-state index in [0.717, 1.165) is 6.54 Å². The van der Waals surface area contributed by atoms with Crippen molar-refractivity contribution in [1.82, 2.24) is 14.7 Å². The molecule has 0 aliphatic carbocycles. The van der Waals surface area contributed by atoms with Gasteiger partial charge in [0.1, 0.15) is 30.0 Å². The first-order valence-corrected chi connectivity index (χ1v) is 22.2. The molecule has 3 saturated heterocycles. The Morgan fingerprint density at radius 2 is 1.58 bits per heavy atom. The van der Waals surface area contributed by atoms with Gasteiger partial charge in [0, 0.05) is 44.6 Å². The number of carbonyl (C=O) groups excluding carboxylic acids is 2. The highest BCUT2D eigenvalue weighted by Crippen LogP contribution is 2.40. The Morgan fingerprint density at radius 1 is 0.950 bits per heavy atom. The van der Waals surface area contributed by atoms with Gasteiger partial charge in [-0.3, -0.25) is 14.5 Å². The lowest BCUT2D eigenvalue weighted by Crippen LogP contribution is -2.61. The number of aliphatic hydroxyl groups excluding tert-OH is 2. The molecule has 0 bridgehead atoms. The van der Waals surface area contributed by atoms with Crippen molar-refractivity contribution >= 4 is 11.9 Å². The van der Waals surface area contributed by atoms with Crippen LogP contribution in [0, 0.1) is 17.8 Å². The van der Waals surface area contributed by atoms with Gasteiger partial charge in [-0.25, -0.2) is 0 Å². The van der Waals surface area contributed by atoms with Crippen molar-refractivity contribution in [3.05, 3.63) is 0 Å². The predicted octanol–water partition coefficient (Wildman–Crippen LogP) is 2.79. The van der Waals surface area contributed by atoms with E-state index in [9.17, 15) is 30.0 Å². The zero-order valence-electron chi connectivity index (χ0n) is 39.6. The van der Waals surface area contributed by atoms with E-state index in [2.05, 4.69) is 0 Å². The molecule has 3 rings (SSSR count). The molecule has 0 amide bonds. The molecule has 3 heterocycles. The van der Waals surface area contributed by atoms with Crippen molar-refractivity contribution in [2.24, 2.45) is 17.8 Å². The van der Waals surface area contributed by atoms with Crippen LogP contribution in [0.5, 0.6) is 0 Å². The van der Waals surface area contributed by atoms with Gasteiger partial charge in [0.15, 0.2) is 12.6 Å². The van der Waals surface area contributed by atoms with Crippen LogP contribution in [-0.4, -0.2) is 192 Å². The molecule has 3 fully saturated rings. The molecule has 0 aromatic rings. The quantitative estimate of drug-likeness (QED) is 0.210. The van der Waals surface area contributed by atoms with Crippen LogP contribution in [0.2, 0.25) is 0 Å². The molecular weight excluding hydrogens is 778 g/mol. The molecule has 352 valence electrons. The van der Waals surface area contributed by atoms with Crippen molar-refractivity contribution < 1.29 is 63.2 Å². The van der Waals surface area contributed by atoms with Gasteiger partial charge in [-0.05, 0) is 108 Å². The lowest BCUT2D eigenvalue weighted by atomic mass is 9.77. The van der Waals surface area contributed by atoms with Crippen LogP contribution in [-0.2, 0) is 42.7 Å². The van der Waals surface area contributed by atoms with Crippen molar-refractivity contribution in [2.75, 3.05) is 54.9 Å². The lowest BCUT2D eigenvalue weighted by Gasteiger charge is -2.48. The van der Waals surface area contributed by atoms with Crippen LogP contribution in [0.25, 0.3) is 0 Å². The predicted molar refractivity (Wildman–Crippen MR) is 226 cm³/mol. The average molecular weight is 862 g/mol. The summed E-state index contributed by atoms with van der Waals surface area (Å²) in [6.45, 7) is 21.4. The first-order valence-electron chi connectivity index (χ1n) is 22.2. The molecular formula is C44H83N3O13. The summed E-state index contributed by atoms with van der Waals surface area (Å²) in [6.07, 6.45) is -8.27. The number of likely N-dealkylation sites (N-methyl/N-ethyl adjacent to an activating group) is 2. The fourth-order valence-corrected chi connectivity index (χ4v) is 9.58. The molecule has 16 heteroatoms. The van der Waals surface area contributed by atoms with Crippen LogP contribution in [0.3, 0.4) is 0 Å². The van der Waals surface area contributed by atoms with E-state index in [-0.39, 0.29) is 43.7 Å². The summed E-state index contributed by atoms with van der Waals surface area (Å²) in [5.41, 5.74) is -4.48. The van der Waals surface area contributed by atoms with Crippen molar-refractivity contribution in [3.63, 3.8) is 0 Å². The number of aliphatic hydroxyl groups is 4. The summed E-state index contributed by atoms with van der Waals surface area (Å²) in [7, 11) is 9.06. The molecule has 0 radical (unpaired) electrons. The summed E-state index contributed by atoms with van der Waals surface area (Å²) in [5, 5.41) is 47.8. The molecule has 60 heavy (non-hydrogen) atoms. The number of esters is 2. The highest BCUT2D eigenvalue weighted by atomic mass is 16.7. The average Bonchev–Trinajstić information content (AvgIpc) is 3.17. The third-order valence-corrected chi connectivity index (χ3v) is 13.7. The van der Waals surface area contributed by atoms with Gasteiger partial charge in [-0.15, -0.1) is 0 Å². The summed E-state index contributed by atoms with van der Waals surface area (Å²) >= 11 is 0. The molecule has 0 aromatic carbocycles. The third-order valence-electron chi connectivity index (χ3n) is 13.7. The molecule has 0 aromatic heterocycles. The van der Waals surface area contributed by atoms with Gasteiger partial charge in [0.2, 0.25) is 0 Å². The van der Waals surface area contributed by atoms with Gasteiger partial charge in [-0.2, -0.15) is 0 Å². The number of nitrogens with zero attached hydrogens (tertiary/aromatic N) is 3. The normalized spacial score (nSPS) is 44.6. The zero-order chi connectivity index (χ0) is 45.7. The van der Waals surface area contributed by atoms with Crippen LogP contribution in [0.4, 0.5) is 0 Å². The molecule has 16 nitrogen and oxygen atoms in total. The molecule has 18 atom stereocenters. The second kappa shape index (κ2) is 21.9. The summed E-state index contributed by atoms with van der Waals surface area (Å²) < 4.78 is 44.2. The maximum Gasteiger partial charge on any atom is 0.311 e. The van der Waals surface area contributed by atoms with E-state index in [1.807, 2.05) is 77.5 Å². The Kier molecular flexibility index (Phi) is 19.3. The fraction of sp³-hybridized carbons (Fsp3) is 0.955. The Morgan fingerprint density at radius 3 is 2.15 bits per heavy atom. The standard InChI is InChI=1S/C44H83N3O13/c1-17-32-44(11,53)39(58-33(48)19-20-46(14)18-2)29(7)47(15)24-25(3)22-42(9,52)38(60-41-35(49)31(45(12)13)21-26(4)55-41)27(5)36(28(6)40(51)57-32)59-34-23-43(10,54-16)37(50)30(8)56-34/h25-32,34-39,41,49-50,52-53H,17-24H2,1-16H3/t25-,26-,27+,28-,29+,30+,31+,32+,34+,35-,36+,37+,38-,39-,41+,42+,43-,44-/m1/s1. The second-order valence-corrected chi connectivity index (χ2v) is 19.3. The summed E-state index contributed by atoms with van der Waals surface area (Å²) in [4.78, 5) is 33.9. The Balaban J connectivity index is 2.19. The molecule has 0 spiro atoms. The molecule has 0 unspecified atom stereocenters. The van der Waals surface area contributed by atoms with Crippen LogP contribution < -0.4 is 0 Å². The van der Waals surface area contributed by atoms with Gasteiger partial charge in [0.05, 0.1) is 48.0 Å².